The van der Waals surface area contributed by atoms with Crippen LogP contribution in [-0.4, -0.2) is 29.8 Å². The second-order valence-electron chi connectivity index (χ2n) is 5.94. The van der Waals surface area contributed by atoms with E-state index in [9.17, 15) is 4.79 Å². The summed E-state index contributed by atoms with van der Waals surface area (Å²) in [5.41, 5.74) is 2.20. The molecule has 1 saturated heterocycles. The van der Waals surface area contributed by atoms with E-state index in [1.807, 2.05) is 59.1 Å². The number of halogens is 2. The van der Waals surface area contributed by atoms with Crippen LogP contribution in [0.4, 0.5) is 4.79 Å². The monoisotopic (exact) mass is 394 g/mol. The van der Waals surface area contributed by atoms with Crippen molar-refractivity contribution >= 4 is 41.0 Å². The highest BCUT2D eigenvalue weighted by Gasteiger charge is 2.23. The number of hydrogen-bond donors (Lipinski definition) is 1. The van der Waals surface area contributed by atoms with Crippen molar-refractivity contribution in [2.75, 3.05) is 18.8 Å². The van der Waals surface area contributed by atoms with Crippen molar-refractivity contribution in [1.29, 1.82) is 0 Å². The SMILES string of the molecule is O=C(NCc1ccc(Cl)cc1)N1CCSC(c2ccccc2Cl)CC1. The van der Waals surface area contributed by atoms with Gasteiger partial charge in [0.1, 0.15) is 0 Å². The predicted molar refractivity (Wildman–Crippen MR) is 107 cm³/mol. The lowest BCUT2D eigenvalue weighted by Crippen LogP contribution is -2.40. The molecule has 3 nitrogen and oxygen atoms in total. The first kappa shape index (κ1) is 18.4. The number of nitrogens with zero attached hydrogens (tertiary/aromatic N) is 1. The fourth-order valence-electron chi connectivity index (χ4n) is 2.85. The first-order valence-corrected chi connectivity index (χ1v) is 10.1. The highest BCUT2D eigenvalue weighted by atomic mass is 35.5. The van der Waals surface area contributed by atoms with Gasteiger partial charge in [0.2, 0.25) is 0 Å². The smallest absolute Gasteiger partial charge is 0.317 e. The number of amides is 2. The van der Waals surface area contributed by atoms with E-state index >= 15 is 0 Å². The normalized spacial score (nSPS) is 17.8. The van der Waals surface area contributed by atoms with Crippen LogP contribution < -0.4 is 5.32 Å². The summed E-state index contributed by atoms with van der Waals surface area (Å²) in [5, 5.41) is 4.83. The van der Waals surface area contributed by atoms with Gasteiger partial charge in [-0.25, -0.2) is 4.79 Å². The molecule has 0 aromatic heterocycles. The average molecular weight is 395 g/mol. The van der Waals surface area contributed by atoms with Crippen LogP contribution in [0.5, 0.6) is 0 Å². The third-order valence-electron chi connectivity index (χ3n) is 4.24. The maximum absolute atomic E-state index is 12.5. The molecular formula is C19H20Cl2N2OS. The van der Waals surface area contributed by atoms with E-state index in [2.05, 4.69) is 11.4 Å². The summed E-state index contributed by atoms with van der Waals surface area (Å²) in [6.45, 7) is 1.99. The quantitative estimate of drug-likeness (QED) is 0.757. The second kappa shape index (κ2) is 8.84. The van der Waals surface area contributed by atoms with Gasteiger partial charge in [0.25, 0.3) is 0 Å². The molecule has 0 bridgehead atoms. The molecule has 2 amide bonds. The first-order chi connectivity index (χ1) is 12.1. The molecule has 1 aliphatic heterocycles. The Hall–Kier alpha value is -1.36. The van der Waals surface area contributed by atoms with Crippen LogP contribution in [0.25, 0.3) is 0 Å². The molecule has 1 fully saturated rings. The van der Waals surface area contributed by atoms with Crippen LogP contribution in [0.3, 0.4) is 0 Å². The fourth-order valence-corrected chi connectivity index (χ4v) is 4.58. The van der Waals surface area contributed by atoms with Crippen LogP contribution in [0.1, 0.15) is 22.8 Å². The largest absolute Gasteiger partial charge is 0.334 e. The molecule has 0 spiro atoms. The van der Waals surface area contributed by atoms with Gasteiger partial charge in [-0.05, 0) is 35.7 Å². The van der Waals surface area contributed by atoms with Crippen molar-refractivity contribution in [2.45, 2.75) is 18.2 Å². The van der Waals surface area contributed by atoms with E-state index in [0.29, 0.717) is 16.8 Å². The molecule has 2 aromatic rings. The van der Waals surface area contributed by atoms with Gasteiger partial charge in [0.15, 0.2) is 0 Å². The van der Waals surface area contributed by atoms with Crippen LogP contribution in [0, 0.1) is 0 Å². The fraction of sp³-hybridized carbons (Fsp3) is 0.316. The topological polar surface area (TPSA) is 32.3 Å². The van der Waals surface area contributed by atoms with E-state index in [-0.39, 0.29) is 6.03 Å². The second-order valence-corrected chi connectivity index (χ2v) is 8.10. The molecule has 0 saturated carbocycles. The maximum Gasteiger partial charge on any atom is 0.317 e. The van der Waals surface area contributed by atoms with Gasteiger partial charge in [0, 0.05) is 40.7 Å². The Morgan fingerprint density at radius 3 is 2.64 bits per heavy atom. The minimum atomic E-state index is -0.0182. The molecule has 6 heteroatoms. The molecule has 1 atom stereocenters. The highest BCUT2D eigenvalue weighted by molar-refractivity contribution is 7.99. The molecule has 1 unspecified atom stereocenters. The van der Waals surface area contributed by atoms with Crippen molar-refractivity contribution in [1.82, 2.24) is 10.2 Å². The van der Waals surface area contributed by atoms with E-state index < -0.39 is 0 Å². The van der Waals surface area contributed by atoms with Gasteiger partial charge in [0.05, 0.1) is 0 Å². The average Bonchev–Trinajstić information content (AvgIpc) is 2.87. The number of urea groups is 1. The molecule has 25 heavy (non-hydrogen) atoms. The lowest BCUT2D eigenvalue weighted by Gasteiger charge is -2.21. The zero-order valence-corrected chi connectivity index (χ0v) is 16.1. The van der Waals surface area contributed by atoms with Crippen LogP contribution >= 0.6 is 35.0 Å². The van der Waals surface area contributed by atoms with Crippen molar-refractivity contribution in [3.05, 3.63) is 69.7 Å². The van der Waals surface area contributed by atoms with Crippen molar-refractivity contribution in [3.8, 4) is 0 Å². The molecule has 0 radical (unpaired) electrons. The standard InChI is InChI=1S/C19H20Cl2N2OS/c20-15-7-5-14(6-8-15)13-22-19(24)23-10-9-18(25-12-11-23)16-3-1-2-4-17(16)21/h1-8,18H,9-13H2,(H,22,24). The molecule has 1 N–H and O–H groups in total. The number of thioether (sulfide) groups is 1. The molecule has 1 aliphatic rings. The third kappa shape index (κ3) is 5.06. The van der Waals surface area contributed by atoms with Crippen LogP contribution in [-0.2, 0) is 6.54 Å². The number of hydrogen-bond acceptors (Lipinski definition) is 2. The lowest BCUT2D eigenvalue weighted by molar-refractivity contribution is 0.200. The summed E-state index contributed by atoms with van der Waals surface area (Å²) < 4.78 is 0. The van der Waals surface area contributed by atoms with E-state index in [0.717, 1.165) is 41.4 Å². The predicted octanol–water partition coefficient (Wildman–Crippen LogP) is 5.38. The molecular weight excluding hydrogens is 375 g/mol. The molecule has 0 aliphatic carbocycles. The maximum atomic E-state index is 12.5. The summed E-state index contributed by atoms with van der Waals surface area (Å²) in [4.78, 5) is 14.3. The molecule has 3 rings (SSSR count). The summed E-state index contributed by atoms with van der Waals surface area (Å²) in [5.74, 6) is 0.907. The van der Waals surface area contributed by atoms with Gasteiger partial charge >= 0.3 is 6.03 Å². The Morgan fingerprint density at radius 1 is 1.12 bits per heavy atom. The Labute approximate surface area is 162 Å². The van der Waals surface area contributed by atoms with Gasteiger partial charge in [-0.1, -0.05) is 53.5 Å². The van der Waals surface area contributed by atoms with Gasteiger partial charge in [-0.15, -0.1) is 0 Å². The molecule has 2 aromatic carbocycles. The summed E-state index contributed by atoms with van der Waals surface area (Å²) in [6, 6.07) is 15.5. The van der Waals surface area contributed by atoms with Crippen molar-refractivity contribution in [2.24, 2.45) is 0 Å². The number of benzene rings is 2. The molecule has 132 valence electrons. The van der Waals surface area contributed by atoms with Crippen LogP contribution in [0.15, 0.2) is 48.5 Å². The zero-order valence-electron chi connectivity index (χ0n) is 13.8. The van der Waals surface area contributed by atoms with Crippen molar-refractivity contribution in [3.63, 3.8) is 0 Å². The minimum absolute atomic E-state index is 0.0182. The van der Waals surface area contributed by atoms with E-state index in [1.165, 1.54) is 0 Å². The Kier molecular flexibility index (Phi) is 6.51. The number of carbonyl (C=O) groups excluding carboxylic acids is 1. The molecule has 1 heterocycles. The number of carbonyl (C=O) groups is 1. The lowest BCUT2D eigenvalue weighted by atomic mass is 10.1. The number of nitrogens with one attached hydrogen (secondary N) is 1. The van der Waals surface area contributed by atoms with Gasteiger partial charge < -0.3 is 10.2 Å². The van der Waals surface area contributed by atoms with Crippen LogP contribution in [0.2, 0.25) is 10.0 Å². The summed E-state index contributed by atoms with van der Waals surface area (Å²) >= 11 is 14.1. The Morgan fingerprint density at radius 2 is 1.88 bits per heavy atom. The Balaban J connectivity index is 1.54. The first-order valence-electron chi connectivity index (χ1n) is 8.27. The van der Waals surface area contributed by atoms with Gasteiger partial charge in [-0.3, -0.25) is 0 Å². The van der Waals surface area contributed by atoms with Crippen molar-refractivity contribution < 1.29 is 4.79 Å². The van der Waals surface area contributed by atoms with Gasteiger partial charge in [-0.2, -0.15) is 11.8 Å². The van der Waals surface area contributed by atoms with E-state index in [1.54, 1.807) is 0 Å². The number of rotatable bonds is 3. The third-order valence-corrected chi connectivity index (χ3v) is 6.14. The summed E-state index contributed by atoms with van der Waals surface area (Å²) in [7, 11) is 0. The van der Waals surface area contributed by atoms with E-state index in [4.69, 9.17) is 23.2 Å². The summed E-state index contributed by atoms with van der Waals surface area (Å²) in [6.07, 6.45) is 0.906. The Bertz CT molecular complexity index is 724. The minimum Gasteiger partial charge on any atom is -0.334 e. The highest BCUT2D eigenvalue weighted by Crippen LogP contribution is 2.37. The zero-order chi connectivity index (χ0) is 17.6.